The van der Waals surface area contributed by atoms with Crippen LogP contribution in [0.2, 0.25) is 0 Å². The van der Waals surface area contributed by atoms with E-state index in [-0.39, 0.29) is 17.5 Å². The number of aryl methyl sites for hydroxylation is 1. The third kappa shape index (κ3) is 2.25. The number of aromatic carboxylic acids is 1. The highest BCUT2D eigenvalue weighted by Crippen LogP contribution is 2.36. The quantitative estimate of drug-likeness (QED) is 0.919. The Labute approximate surface area is 124 Å². The van der Waals surface area contributed by atoms with Gasteiger partial charge in [-0.05, 0) is 25.1 Å². The van der Waals surface area contributed by atoms with Crippen molar-refractivity contribution in [3.63, 3.8) is 0 Å². The first-order chi connectivity index (χ1) is 9.97. The van der Waals surface area contributed by atoms with Gasteiger partial charge in [0.1, 0.15) is 5.75 Å². The van der Waals surface area contributed by atoms with E-state index in [0.29, 0.717) is 17.1 Å². The maximum Gasteiger partial charge on any atom is 0.365 e. The van der Waals surface area contributed by atoms with E-state index >= 15 is 0 Å². The first-order valence-corrected chi connectivity index (χ1v) is 7.03. The Kier molecular flexibility index (Phi) is 3.13. The van der Waals surface area contributed by atoms with Crippen LogP contribution in [0.5, 0.6) is 5.75 Å². The van der Waals surface area contributed by atoms with Crippen molar-refractivity contribution in [3.05, 3.63) is 28.1 Å². The molecule has 1 aliphatic heterocycles. The number of thiazole rings is 1. The number of carboxylic acid groups (broad SMARTS) is 1. The molecule has 7 heteroatoms. The molecular formula is C14H12N2O4S. The molecule has 0 saturated heterocycles. The summed E-state index contributed by atoms with van der Waals surface area (Å²) in [5.41, 5.74) is 2.04. The average Bonchev–Trinajstić information content (AvgIpc) is 2.85. The van der Waals surface area contributed by atoms with Crippen LogP contribution in [0.4, 0.5) is 5.69 Å². The molecule has 6 nitrogen and oxygen atoms in total. The Bertz CT molecular complexity index is 753. The number of fused-ring (bicyclic) bond motifs is 1. The van der Waals surface area contributed by atoms with E-state index in [1.807, 2.05) is 13.0 Å². The van der Waals surface area contributed by atoms with Crippen LogP contribution in [0.3, 0.4) is 0 Å². The van der Waals surface area contributed by atoms with Crippen LogP contribution >= 0.6 is 11.3 Å². The van der Waals surface area contributed by atoms with Gasteiger partial charge in [-0.25, -0.2) is 9.78 Å². The fourth-order valence-electron chi connectivity index (χ4n) is 2.18. The molecule has 0 fully saturated rings. The van der Waals surface area contributed by atoms with Gasteiger partial charge >= 0.3 is 5.97 Å². The van der Waals surface area contributed by atoms with E-state index in [4.69, 9.17) is 9.84 Å². The summed E-state index contributed by atoms with van der Waals surface area (Å²) in [6.45, 7) is 1.85. The SMILES string of the molecule is Cc1sc(C(=O)O)nc1-c1ccc2c(c1)N(C)C(=O)CO2. The summed E-state index contributed by atoms with van der Waals surface area (Å²) in [6.07, 6.45) is 0. The number of aromatic nitrogens is 1. The maximum absolute atomic E-state index is 11.7. The van der Waals surface area contributed by atoms with Gasteiger partial charge in [-0.15, -0.1) is 11.3 Å². The van der Waals surface area contributed by atoms with Crippen molar-refractivity contribution < 1.29 is 19.4 Å². The number of amides is 1. The fourth-order valence-corrected chi connectivity index (χ4v) is 2.95. The third-order valence-electron chi connectivity index (χ3n) is 3.30. The lowest BCUT2D eigenvalue weighted by Crippen LogP contribution is -2.35. The highest BCUT2D eigenvalue weighted by Gasteiger charge is 2.23. The number of hydrogen-bond donors (Lipinski definition) is 1. The van der Waals surface area contributed by atoms with Gasteiger partial charge in [0.15, 0.2) is 6.61 Å². The Morgan fingerprint density at radius 3 is 2.90 bits per heavy atom. The van der Waals surface area contributed by atoms with Gasteiger partial charge in [-0.1, -0.05) is 0 Å². The fraction of sp³-hybridized carbons (Fsp3) is 0.214. The number of rotatable bonds is 2. The summed E-state index contributed by atoms with van der Waals surface area (Å²) < 4.78 is 5.37. The van der Waals surface area contributed by atoms with Gasteiger partial charge in [0.05, 0.1) is 11.4 Å². The van der Waals surface area contributed by atoms with Crippen molar-refractivity contribution >= 4 is 28.9 Å². The van der Waals surface area contributed by atoms with Gasteiger partial charge in [0.25, 0.3) is 5.91 Å². The van der Waals surface area contributed by atoms with E-state index < -0.39 is 5.97 Å². The molecule has 1 N–H and O–H groups in total. The van der Waals surface area contributed by atoms with Crippen LogP contribution in [0, 0.1) is 6.92 Å². The zero-order valence-electron chi connectivity index (χ0n) is 11.4. The van der Waals surface area contributed by atoms with Crippen LogP contribution in [0.25, 0.3) is 11.3 Å². The number of likely N-dealkylation sites (N-methyl/N-ethyl adjacent to an activating group) is 1. The molecule has 0 unspecified atom stereocenters. The molecule has 0 aliphatic carbocycles. The second-order valence-corrected chi connectivity index (χ2v) is 5.86. The van der Waals surface area contributed by atoms with Gasteiger partial charge in [0.2, 0.25) is 5.01 Å². The molecule has 1 amide bonds. The van der Waals surface area contributed by atoms with Crippen molar-refractivity contribution in [2.75, 3.05) is 18.6 Å². The highest BCUT2D eigenvalue weighted by molar-refractivity contribution is 7.13. The Morgan fingerprint density at radius 1 is 1.48 bits per heavy atom. The standard InChI is InChI=1S/C14H12N2O4S/c1-7-12(15-13(21-7)14(18)19)8-3-4-10-9(5-8)16(2)11(17)6-20-10/h3-5H,6H2,1-2H3,(H,18,19). The van der Waals surface area contributed by atoms with E-state index in [1.54, 1.807) is 19.2 Å². The first-order valence-electron chi connectivity index (χ1n) is 6.22. The molecule has 1 aromatic carbocycles. The molecule has 0 spiro atoms. The topological polar surface area (TPSA) is 79.7 Å². The number of carbonyl (C=O) groups is 2. The number of carboxylic acids is 1. The lowest BCUT2D eigenvalue weighted by Gasteiger charge is -2.26. The molecule has 2 heterocycles. The Hall–Kier alpha value is -2.41. The summed E-state index contributed by atoms with van der Waals surface area (Å²) in [4.78, 5) is 29.2. The van der Waals surface area contributed by atoms with Crippen LogP contribution in [-0.4, -0.2) is 35.6 Å². The number of carbonyl (C=O) groups excluding carboxylic acids is 1. The van der Waals surface area contributed by atoms with Gasteiger partial charge < -0.3 is 14.7 Å². The van der Waals surface area contributed by atoms with E-state index in [9.17, 15) is 9.59 Å². The number of benzene rings is 1. The molecule has 1 aliphatic rings. The minimum atomic E-state index is -1.04. The summed E-state index contributed by atoms with van der Waals surface area (Å²) >= 11 is 1.13. The molecule has 0 radical (unpaired) electrons. The normalized spacial score (nSPS) is 13.8. The lowest BCUT2D eigenvalue weighted by molar-refractivity contribution is -0.120. The minimum Gasteiger partial charge on any atom is -0.482 e. The van der Waals surface area contributed by atoms with E-state index in [1.165, 1.54) is 4.90 Å². The van der Waals surface area contributed by atoms with E-state index in [2.05, 4.69) is 4.98 Å². The van der Waals surface area contributed by atoms with Crippen molar-refractivity contribution in [2.24, 2.45) is 0 Å². The number of anilines is 1. The summed E-state index contributed by atoms with van der Waals surface area (Å²) in [6, 6.07) is 5.38. The summed E-state index contributed by atoms with van der Waals surface area (Å²) in [5, 5.41) is 9.07. The molecule has 0 bridgehead atoms. The molecular weight excluding hydrogens is 292 g/mol. The van der Waals surface area contributed by atoms with E-state index in [0.717, 1.165) is 21.8 Å². The molecule has 0 atom stereocenters. The highest BCUT2D eigenvalue weighted by atomic mass is 32.1. The van der Waals surface area contributed by atoms with Crippen molar-refractivity contribution in [1.82, 2.24) is 4.98 Å². The molecule has 3 rings (SSSR count). The number of nitrogens with zero attached hydrogens (tertiary/aromatic N) is 2. The summed E-state index contributed by atoms with van der Waals surface area (Å²) in [7, 11) is 1.68. The van der Waals surface area contributed by atoms with Gasteiger partial charge in [0, 0.05) is 17.5 Å². The second-order valence-electron chi connectivity index (χ2n) is 4.65. The summed E-state index contributed by atoms with van der Waals surface area (Å²) in [5.74, 6) is -0.531. The van der Waals surface area contributed by atoms with Crippen molar-refractivity contribution in [2.45, 2.75) is 6.92 Å². The minimum absolute atomic E-state index is 0.0295. The van der Waals surface area contributed by atoms with Crippen molar-refractivity contribution in [1.29, 1.82) is 0 Å². The van der Waals surface area contributed by atoms with Crippen LogP contribution in [0.1, 0.15) is 14.7 Å². The maximum atomic E-state index is 11.7. The largest absolute Gasteiger partial charge is 0.482 e. The Balaban J connectivity index is 2.08. The predicted octanol–water partition coefficient (Wildman–Crippen LogP) is 2.17. The van der Waals surface area contributed by atoms with Gasteiger partial charge in [-0.3, -0.25) is 4.79 Å². The molecule has 108 valence electrons. The third-order valence-corrected chi connectivity index (χ3v) is 4.26. The first kappa shape index (κ1) is 13.6. The number of hydrogen-bond acceptors (Lipinski definition) is 5. The zero-order valence-corrected chi connectivity index (χ0v) is 12.2. The predicted molar refractivity (Wildman–Crippen MR) is 78.2 cm³/mol. The number of ether oxygens (including phenoxy) is 1. The molecule has 21 heavy (non-hydrogen) atoms. The molecule has 1 aromatic heterocycles. The lowest BCUT2D eigenvalue weighted by atomic mass is 10.1. The van der Waals surface area contributed by atoms with Crippen LogP contribution in [-0.2, 0) is 4.79 Å². The van der Waals surface area contributed by atoms with Crippen molar-refractivity contribution in [3.8, 4) is 17.0 Å². The smallest absolute Gasteiger partial charge is 0.365 e. The average molecular weight is 304 g/mol. The Morgan fingerprint density at radius 2 is 2.24 bits per heavy atom. The van der Waals surface area contributed by atoms with Crippen LogP contribution < -0.4 is 9.64 Å². The second kappa shape index (κ2) is 4.85. The monoisotopic (exact) mass is 304 g/mol. The zero-order chi connectivity index (χ0) is 15.1. The molecule has 0 saturated carbocycles. The molecule has 2 aromatic rings. The van der Waals surface area contributed by atoms with Gasteiger partial charge in [-0.2, -0.15) is 0 Å². The van der Waals surface area contributed by atoms with Crippen LogP contribution in [0.15, 0.2) is 18.2 Å².